The summed E-state index contributed by atoms with van der Waals surface area (Å²) in [5.74, 6) is 0. The van der Waals surface area contributed by atoms with E-state index >= 15 is 0 Å². The van der Waals surface area contributed by atoms with Gasteiger partial charge in [-0.05, 0) is 0 Å². The Morgan fingerprint density at radius 3 is 1.00 bits per heavy atom. The molecule has 0 spiro atoms. The summed E-state index contributed by atoms with van der Waals surface area (Å²) in [4.78, 5) is 0. The average molecular weight is 198 g/mol. The number of rotatable bonds is 0. The fourth-order valence-electron chi connectivity index (χ4n) is 0. The molecule has 1 N–H and O–H groups in total. The maximum Gasteiger partial charge on any atom is 1.00 e. The van der Waals surface area contributed by atoms with Crippen LogP contribution in [0.1, 0.15) is 0 Å². The Hall–Kier alpha value is 3.47. The minimum absolute atomic E-state index is 0. The van der Waals surface area contributed by atoms with Crippen molar-refractivity contribution >= 4 is 10.4 Å². The van der Waals surface area contributed by atoms with Crippen LogP contribution in [0.25, 0.3) is 0 Å². The first-order chi connectivity index (χ1) is 2.00. The summed E-state index contributed by atoms with van der Waals surface area (Å²) in [6, 6.07) is 0. The molecule has 0 heterocycles. The van der Waals surface area contributed by atoms with Crippen molar-refractivity contribution in [3.63, 3.8) is 0 Å². The Labute approximate surface area is 140 Å². The van der Waals surface area contributed by atoms with Crippen molar-refractivity contribution in [1.82, 2.24) is 0 Å². The van der Waals surface area contributed by atoms with Crippen LogP contribution in [0, 0.1) is 0 Å². The molecule has 0 fully saturated rings. The molecule has 0 atom stereocenters. The normalized spacial score (nSPS) is 6.44. The van der Waals surface area contributed by atoms with Crippen LogP contribution in [-0.2, 0) is 10.4 Å². The molecule has 0 aromatic heterocycles. The zero-order valence-corrected chi connectivity index (χ0v) is 13.4. The maximum absolute atomic E-state index is 8.52. The van der Waals surface area contributed by atoms with Crippen molar-refractivity contribution in [2.75, 3.05) is 0 Å². The van der Waals surface area contributed by atoms with Crippen molar-refractivity contribution in [3.8, 4) is 0 Å². The Bertz CT molecular complexity index is 98.1. The Morgan fingerprint density at radius 2 is 1.00 bits per heavy atom. The summed E-state index contributed by atoms with van der Waals surface area (Å²) in [7, 11) is -5.17. The van der Waals surface area contributed by atoms with Gasteiger partial charge in [0, 0.05) is 10.4 Å². The molecule has 0 bridgehead atoms. The average Bonchev–Trinajstić information content (AvgIpc) is 0.722. The first-order valence-electron chi connectivity index (χ1n) is 0.667. The van der Waals surface area contributed by atoms with E-state index in [-0.39, 0.29) is 116 Å². The Balaban J connectivity index is -0.0000000133. The third-order valence-electron chi connectivity index (χ3n) is 0. The zero-order chi connectivity index (χ0) is 4.50. The molecule has 9 heavy (non-hydrogen) atoms. The van der Waals surface area contributed by atoms with Gasteiger partial charge in [0.1, 0.15) is 0 Å². The predicted octanol–water partition coefficient (Wildman–Crippen LogP) is -10.5. The minimum atomic E-state index is -5.17. The largest absolute Gasteiger partial charge is 1.00 e. The smallest absolute Gasteiger partial charge is 0.870 e. The topological polar surface area (TPSA) is 110 Å². The van der Waals surface area contributed by atoms with E-state index in [1.54, 1.807) is 0 Å². The van der Waals surface area contributed by atoms with E-state index in [1.165, 1.54) is 0 Å². The van der Waals surface area contributed by atoms with Gasteiger partial charge in [0.05, 0.1) is 0 Å². The van der Waals surface area contributed by atoms with Gasteiger partial charge in [-0.25, -0.2) is 0 Å². The van der Waals surface area contributed by atoms with Crippen LogP contribution in [-0.4, -0.2) is 23.0 Å². The van der Waals surface area contributed by atoms with E-state index in [0.29, 0.717) is 0 Å². The van der Waals surface area contributed by atoms with E-state index in [2.05, 4.69) is 0 Å². The molecule has 9 heteroatoms. The number of hydrogen-bond donors (Lipinski definition) is 0. The molecular formula is HKNa2O5S. The molecule has 40 valence electrons. The molecule has 5 nitrogen and oxygen atoms in total. The van der Waals surface area contributed by atoms with Gasteiger partial charge in [-0.2, -0.15) is 0 Å². The molecule has 0 amide bonds. The van der Waals surface area contributed by atoms with E-state index in [1.807, 2.05) is 0 Å². The van der Waals surface area contributed by atoms with Crippen LogP contribution in [0.5, 0.6) is 0 Å². The molecule has 0 saturated carbocycles. The fraction of sp³-hybridized carbons (Fsp3) is 0. The third-order valence-corrected chi connectivity index (χ3v) is 0. The molecule has 0 aliphatic rings. The van der Waals surface area contributed by atoms with Crippen LogP contribution in [0.3, 0.4) is 0 Å². The van der Waals surface area contributed by atoms with Crippen molar-refractivity contribution in [2.45, 2.75) is 0 Å². The SMILES string of the molecule is O=S(=O)([O-])[O-].[K+].[Na+].[Na+].[OH-]. The first kappa shape index (κ1) is 29.4. The van der Waals surface area contributed by atoms with Crippen molar-refractivity contribution in [3.05, 3.63) is 0 Å². The third kappa shape index (κ3) is 85.5. The molecule has 0 saturated heterocycles. The number of hydrogen-bond acceptors (Lipinski definition) is 5. The van der Waals surface area contributed by atoms with Gasteiger partial charge in [0.15, 0.2) is 0 Å². The monoisotopic (exact) mass is 198 g/mol. The molecule has 0 aliphatic carbocycles. The molecule has 0 aromatic carbocycles. The van der Waals surface area contributed by atoms with Crippen molar-refractivity contribution < 1.29 is 133 Å². The van der Waals surface area contributed by atoms with Gasteiger partial charge in [-0.1, -0.05) is 0 Å². The molecular weight excluding hydrogens is 197 g/mol. The predicted molar refractivity (Wildman–Crippen MR) is 12.4 cm³/mol. The van der Waals surface area contributed by atoms with Gasteiger partial charge >= 0.3 is 110 Å². The van der Waals surface area contributed by atoms with E-state index in [9.17, 15) is 0 Å². The van der Waals surface area contributed by atoms with E-state index < -0.39 is 10.4 Å². The second-order valence-corrected chi connectivity index (χ2v) is 1.22. The second kappa shape index (κ2) is 14.0. The van der Waals surface area contributed by atoms with Gasteiger partial charge in [-0.15, -0.1) is 0 Å². The maximum atomic E-state index is 8.52. The van der Waals surface area contributed by atoms with Gasteiger partial charge in [0.25, 0.3) is 0 Å². The summed E-state index contributed by atoms with van der Waals surface area (Å²) < 4.78 is 34.1. The van der Waals surface area contributed by atoms with Gasteiger partial charge < -0.3 is 14.6 Å². The minimum Gasteiger partial charge on any atom is -0.870 e. The molecule has 0 radical (unpaired) electrons. The molecule has 0 aromatic rings. The van der Waals surface area contributed by atoms with E-state index in [0.717, 1.165) is 0 Å². The second-order valence-electron chi connectivity index (χ2n) is 0.408. The van der Waals surface area contributed by atoms with Gasteiger partial charge in [-0.3, -0.25) is 8.42 Å². The summed E-state index contributed by atoms with van der Waals surface area (Å²) in [5.41, 5.74) is 0. The van der Waals surface area contributed by atoms with Crippen LogP contribution in [0.4, 0.5) is 0 Å². The van der Waals surface area contributed by atoms with Crippen LogP contribution >= 0.6 is 0 Å². The molecule has 0 rings (SSSR count). The summed E-state index contributed by atoms with van der Waals surface area (Å²) in [5, 5.41) is 0. The van der Waals surface area contributed by atoms with Crippen LogP contribution in [0.15, 0.2) is 0 Å². The van der Waals surface area contributed by atoms with Crippen molar-refractivity contribution in [1.29, 1.82) is 0 Å². The zero-order valence-electron chi connectivity index (χ0n) is 5.49. The summed E-state index contributed by atoms with van der Waals surface area (Å²) >= 11 is 0. The molecule has 0 unspecified atom stereocenters. The van der Waals surface area contributed by atoms with Crippen molar-refractivity contribution in [2.24, 2.45) is 0 Å². The van der Waals surface area contributed by atoms with Crippen LogP contribution in [0.2, 0.25) is 0 Å². The summed E-state index contributed by atoms with van der Waals surface area (Å²) in [6.45, 7) is 0. The standard InChI is InChI=1S/K.2Na.H2O4S.H2O/c;;;1-5(2,3)4;/h;;;(H2,1,2,3,4);1H2/q3*+1;;/p-3. The quantitative estimate of drug-likeness (QED) is 0.218. The Kier molecular flexibility index (Phi) is 45.8. The van der Waals surface area contributed by atoms with Gasteiger partial charge in [0.2, 0.25) is 0 Å². The molecule has 0 aliphatic heterocycles. The Morgan fingerprint density at radius 1 is 1.00 bits per heavy atom. The van der Waals surface area contributed by atoms with Crippen LogP contribution < -0.4 is 110 Å². The van der Waals surface area contributed by atoms with E-state index in [4.69, 9.17) is 17.5 Å². The fourth-order valence-corrected chi connectivity index (χ4v) is 0. The summed E-state index contributed by atoms with van der Waals surface area (Å²) in [6.07, 6.45) is 0. The first-order valence-corrected chi connectivity index (χ1v) is 2.00.